The van der Waals surface area contributed by atoms with Crippen molar-refractivity contribution in [2.75, 3.05) is 0 Å². The van der Waals surface area contributed by atoms with Crippen molar-refractivity contribution in [2.45, 2.75) is 52.1 Å². The van der Waals surface area contributed by atoms with Crippen LogP contribution in [0.15, 0.2) is 10.6 Å². The average molecular weight is 239 g/mol. The first kappa shape index (κ1) is 13.7. The summed E-state index contributed by atoms with van der Waals surface area (Å²) in [5.74, 6) is 1.05. The lowest BCUT2D eigenvalue weighted by Gasteiger charge is -2.24. The van der Waals surface area contributed by atoms with Crippen LogP contribution in [0.5, 0.6) is 0 Å². The summed E-state index contributed by atoms with van der Waals surface area (Å²) >= 11 is 0. The molecule has 0 aliphatic rings. The molecule has 1 amide bonds. The summed E-state index contributed by atoms with van der Waals surface area (Å²) < 4.78 is 5.35. The van der Waals surface area contributed by atoms with Crippen molar-refractivity contribution < 1.29 is 9.21 Å². The first-order valence-electron chi connectivity index (χ1n) is 5.89. The molecule has 3 N–H and O–H groups in total. The predicted molar refractivity (Wildman–Crippen MR) is 65.3 cm³/mol. The standard InChI is InChI=1S/C12H21N3O2/c1-5-6-12(4,13)11(16)15-9(3)10-14-7-8(2)17-10/h7,9H,5-6,13H2,1-4H3,(H,15,16). The normalized spacial score (nSPS) is 16.3. The molecule has 2 unspecified atom stereocenters. The van der Waals surface area contributed by atoms with Gasteiger partial charge in [0.05, 0.1) is 11.7 Å². The van der Waals surface area contributed by atoms with E-state index in [1.54, 1.807) is 13.1 Å². The monoisotopic (exact) mass is 239 g/mol. The van der Waals surface area contributed by atoms with Crippen LogP contribution in [-0.4, -0.2) is 16.4 Å². The Kier molecular flexibility index (Phi) is 4.28. The number of hydrogen-bond acceptors (Lipinski definition) is 4. The summed E-state index contributed by atoms with van der Waals surface area (Å²) in [5, 5.41) is 2.81. The Hall–Kier alpha value is -1.36. The summed E-state index contributed by atoms with van der Waals surface area (Å²) in [4.78, 5) is 16.0. The molecule has 0 fully saturated rings. The molecule has 5 heteroatoms. The van der Waals surface area contributed by atoms with Crippen molar-refractivity contribution in [3.63, 3.8) is 0 Å². The maximum Gasteiger partial charge on any atom is 0.240 e. The summed E-state index contributed by atoms with van der Waals surface area (Å²) in [7, 11) is 0. The number of carbonyl (C=O) groups is 1. The van der Waals surface area contributed by atoms with E-state index < -0.39 is 5.54 Å². The van der Waals surface area contributed by atoms with Gasteiger partial charge in [0.2, 0.25) is 11.8 Å². The number of amides is 1. The van der Waals surface area contributed by atoms with Crippen LogP contribution in [0.4, 0.5) is 0 Å². The Balaban J connectivity index is 2.63. The van der Waals surface area contributed by atoms with Crippen LogP contribution in [-0.2, 0) is 4.79 Å². The Morgan fingerprint density at radius 2 is 2.35 bits per heavy atom. The van der Waals surface area contributed by atoms with Crippen molar-refractivity contribution >= 4 is 5.91 Å². The number of hydrogen-bond donors (Lipinski definition) is 2. The first-order valence-corrected chi connectivity index (χ1v) is 5.89. The first-order chi connectivity index (χ1) is 7.86. The summed E-state index contributed by atoms with van der Waals surface area (Å²) in [6, 6.07) is -0.268. The van der Waals surface area contributed by atoms with Crippen LogP contribution >= 0.6 is 0 Å². The highest BCUT2D eigenvalue weighted by Crippen LogP contribution is 2.15. The molecular formula is C12H21N3O2. The second-order valence-electron chi connectivity index (χ2n) is 4.67. The van der Waals surface area contributed by atoms with E-state index in [1.807, 2.05) is 20.8 Å². The van der Waals surface area contributed by atoms with Crippen molar-refractivity contribution in [2.24, 2.45) is 5.73 Å². The minimum absolute atomic E-state index is 0.178. The van der Waals surface area contributed by atoms with Crippen LogP contribution in [0.1, 0.15) is 51.3 Å². The van der Waals surface area contributed by atoms with Gasteiger partial charge in [0.25, 0.3) is 0 Å². The maximum absolute atomic E-state index is 11.9. The molecule has 1 rings (SSSR count). The third kappa shape index (κ3) is 3.56. The smallest absolute Gasteiger partial charge is 0.240 e. The minimum atomic E-state index is -0.843. The second kappa shape index (κ2) is 5.31. The Morgan fingerprint density at radius 1 is 1.71 bits per heavy atom. The quantitative estimate of drug-likeness (QED) is 0.819. The van der Waals surface area contributed by atoms with Gasteiger partial charge in [-0.05, 0) is 27.2 Å². The zero-order valence-corrected chi connectivity index (χ0v) is 10.9. The largest absolute Gasteiger partial charge is 0.444 e. The number of nitrogens with zero attached hydrogens (tertiary/aromatic N) is 1. The van der Waals surface area contributed by atoms with Crippen molar-refractivity contribution in [3.05, 3.63) is 17.8 Å². The number of aromatic nitrogens is 1. The van der Waals surface area contributed by atoms with E-state index in [4.69, 9.17) is 10.2 Å². The zero-order chi connectivity index (χ0) is 13.1. The van der Waals surface area contributed by atoms with Gasteiger partial charge in [-0.15, -0.1) is 0 Å². The van der Waals surface area contributed by atoms with Gasteiger partial charge in [-0.1, -0.05) is 13.3 Å². The van der Waals surface area contributed by atoms with Gasteiger partial charge >= 0.3 is 0 Å². The molecular weight excluding hydrogens is 218 g/mol. The van der Waals surface area contributed by atoms with E-state index in [9.17, 15) is 4.79 Å². The third-order valence-electron chi connectivity index (χ3n) is 2.65. The number of nitrogens with two attached hydrogens (primary N) is 1. The fraction of sp³-hybridized carbons (Fsp3) is 0.667. The zero-order valence-electron chi connectivity index (χ0n) is 10.9. The summed E-state index contributed by atoms with van der Waals surface area (Å²) in [6.07, 6.45) is 3.15. The lowest BCUT2D eigenvalue weighted by atomic mass is 9.96. The van der Waals surface area contributed by atoms with Gasteiger partial charge in [-0.25, -0.2) is 4.98 Å². The molecule has 96 valence electrons. The number of rotatable bonds is 5. The van der Waals surface area contributed by atoms with Gasteiger partial charge in [0.1, 0.15) is 11.8 Å². The van der Waals surface area contributed by atoms with E-state index in [0.717, 1.165) is 12.2 Å². The SMILES string of the molecule is CCCC(C)(N)C(=O)NC(C)c1ncc(C)o1. The molecule has 17 heavy (non-hydrogen) atoms. The molecule has 0 saturated carbocycles. The minimum Gasteiger partial charge on any atom is -0.444 e. The van der Waals surface area contributed by atoms with E-state index in [1.165, 1.54) is 0 Å². The fourth-order valence-electron chi connectivity index (χ4n) is 1.63. The van der Waals surface area contributed by atoms with Gasteiger partial charge < -0.3 is 15.5 Å². The molecule has 1 aromatic heterocycles. The average Bonchev–Trinajstić information content (AvgIpc) is 2.64. The molecule has 2 atom stereocenters. The van der Waals surface area contributed by atoms with Crippen LogP contribution in [0.2, 0.25) is 0 Å². The highest BCUT2D eigenvalue weighted by molar-refractivity contribution is 5.85. The topological polar surface area (TPSA) is 81.2 Å². The van der Waals surface area contributed by atoms with Crippen molar-refractivity contribution in [3.8, 4) is 0 Å². The number of nitrogens with one attached hydrogen (secondary N) is 1. The van der Waals surface area contributed by atoms with Gasteiger partial charge in [0, 0.05) is 0 Å². The summed E-state index contributed by atoms with van der Waals surface area (Å²) in [5.41, 5.74) is 5.10. The highest BCUT2D eigenvalue weighted by Gasteiger charge is 2.29. The number of aryl methyl sites for hydroxylation is 1. The molecule has 0 saturated heterocycles. The molecule has 1 aromatic rings. The van der Waals surface area contributed by atoms with Gasteiger partial charge in [-0.3, -0.25) is 4.79 Å². The fourth-order valence-corrected chi connectivity index (χ4v) is 1.63. The Morgan fingerprint density at radius 3 is 2.82 bits per heavy atom. The van der Waals surface area contributed by atoms with Gasteiger partial charge in [-0.2, -0.15) is 0 Å². The van der Waals surface area contributed by atoms with Crippen LogP contribution in [0.3, 0.4) is 0 Å². The Labute approximate surface area is 102 Å². The van der Waals surface area contributed by atoms with Gasteiger partial charge in [0.15, 0.2) is 0 Å². The van der Waals surface area contributed by atoms with Crippen LogP contribution in [0.25, 0.3) is 0 Å². The molecule has 0 spiro atoms. The molecule has 0 aliphatic heterocycles. The van der Waals surface area contributed by atoms with Crippen molar-refractivity contribution in [1.82, 2.24) is 10.3 Å². The lowest BCUT2D eigenvalue weighted by molar-refractivity contribution is -0.126. The molecule has 5 nitrogen and oxygen atoms in total. The third-order valence-corrected chi connectivity index (χ3v) is 2.65. The highest BCUT2D eigenvalue weighted by atomic mass is 16.4. The molecule has 0 radical (unpaired) electrons. The maximum atomic E-state index is 11.9. The molecule has 0 aliphatic carbocycles. The number of carbonyl (C=O) groups excluding carboxylic acids is 1. The van der Waals surface area contributed by atoms with Crippen molar-refractivity contribution in [1.29, 1.82) is 0 Å². The van der Waals surface area contributed by atoms with E-state index in [-0.39, 0.29) is 11.9 Å². The van der Waals surface area contributed by atoms with E-state index in [0.29, 0.717) is 12.3 Å². The predicted octanol–water partition coefficient (Wildman–Crippen LogP) is 1.68. The molecule has 0 bridgehead atoms. The number of oxazole rings is 1. The Bertz CT molecular complexity index is 385. The lowest BCUT2D eigenvalue weighted by Crippen LogP contribution is -2.52. The van der Waals surface area contributed by atoms with Crippen LogP contribution in [0, 0.1) is 6.92 Å². The van der Waals surface area contributed by atoms with E-state index >= 15 is 0 Å². The van der Waals surface area contributed by atoms with Crippen LogP contribution < -0.4 is 11.1 Å². The van der Waals surface area contributed by atoms with E-state index in [2.05, 4.69) is 10.3 Å². The molecule has 1 heterocycles. The molecule has 0 aromatic carbocycles. The second-order valence-corrected chi connectivity index (χ2v) is 4.67. The summed E-state index contributed by atoms with van der Waals surface area (Å²) in [6.45, 7) is 7.37.